The van der Waals surface area contributed by atoms with Crippen LogP contribution in [0.5, 0.6) is 0 Å². The van der Waals surface area contributed by atoms with Gasteiger partial charge in [0.05, 0.1) is 5.69 Å². The summed E-state index contributed by atoms with van der Waals surface area (Å²) >= 11 is 0. The number of carbonyl (C=O) groups is 1. The lowest BCUT2D eigenvalue weighted by molar-refractivity contribution is -0.135. The highest BCUT2D eigenvalue weighted by molar-refractivity contribution is 5.79. The van der Waals surface area contributed by atoms with Crippen LogP contribution in [0.4, 0.5) is 10.1 Å². The smallest absolute Gasteiger partial charge is 0.226 e. The van der Waals surface area contributed by atoms with Gasteiger partial charge in [0.25, 0.3) is 0 Å². The average molecular weight is 279 g/mol. The number of para-hydroxylation sites is 1. The van der Waals surface area contributed by atoms with Gasteiger partial charge in [-0.3, -0.25) is 4.79 Å². The van der Waals surface area contributed by atoms with Crippen molar-refractivity contribution in [1.29, 1.82) is 0 Å². The quantitative estimate of drug-likeness (QED) is 0.903. The molecule has 0 unspecified atom stereocenters. The molecule has 2 rings (SSSR count). The van der Waals surface area contributed by atoms with E-state index in [2.05, 4.69) is 5.32 Å². The van der Waals surface area contributed by atoms with Gasteiger partial charge >= 0.3 is 0 Å². The van der Waals surface area contributed by atoms with E-state index >= 15 is 0 Å². The first kappa shape index (κ1) is 14.8. The van der Waals surface area contributed by atoms with Gasteiger partial charge in [0.15, 0.2) is 0 Å². The van der Waals surface area contributed by atoms with Crippen LogP contribution in [0.1, 0.15) is 6.92 Å². The second kappa shape index (κ2) is 6.70. The zero-order valence-corrected chi connectivity index (χ0v) is 12.1. The van der Waals surface area contributed by atoms with Crippen molar-refractivity contribution in [3.05, 3.63) is 30.1 Å². The van der Waals surface area contributed by atoms with E-state index in [9.17, 15) is 9.18 Å². The fraction of sp³-hybridized carbons (Fsp3) is 0.533. The standard InChI is InChI=1S/C15H22FN3O/c1-12(11-17-2)15(20)19-9-7-18(8-10-19)14-6-4-3-5-13(14)16/h3-6,12,17H,7-11H2,1-2H3/t12-/m1/s1. The number of amides is 1. The Labute approximate surface area is 119 Å². The molecule has 110 valence electrons. The lowest BCUT2D eigenvalue weighted by Gasteiger charge is -2.37. The van der Waals surface area contributed by atoms with Crippen molar-refractivity contribution in [3.63, 3.8) is 0 Å². The third-order valence-corrected chi connectivity index (χ3v) is 3.72. The van der Waals surface area contributed by atoms with E-state index in [1.54, 1.807) is 12.1 Å². The van der Waals surface area contributed by atoms with Gasteiger partial charge in [-0.1, -0.05) is 19.1 Å². The second-order valence-corrected chi connectivity index (χ2v) is 5.22. The summed E-state index contributed by atoms with van der Waals surface area (Å²) in [6.45, 7) is 5.29. The van der Waals surface area contributed by atoms with Gasteiger partial charge < -0.3 is 15.1 Å². The van der Waals surface area contributed by atoms with E-state index in [0.717, 1.165) is 0 Å². The van der Waals surface area contributed by atoms with Gasteiger partial charge in [0, 0.05) is 38.6 Å². The van der Waals surface area contributed by atoms with Crippen molar-refractivity contribution in [2.75, 3.05) is 44.7 Å². The number of hydrogen-bond donors (Lipinski definition) is 1. The first-order chi connectivity index (χ1) is 9.63. The number of benzene rings is 1. The molecule has 1 fully saturated rings. The zero-order valence-electron chi connectivity index (χ0n) is 12.1. The van der Waals surface area contributed by atoms with Crippen molar-refractivity contribution in [2.24, 2.45) is 5.92 Å². The number of anilines is 1. The number of piperazine rings is 1. The fourth-order valence-electron chi connectivity index (χ4n) is 2.58. The number of carbonyl (C=O) groups excluding carboxylic acids is 1. The number of rotatable bonds is 4. The first-order valence-corrected chi connectivity index (χ1v) is 7.06. The van der Waals surface area contributed by atoms with Crippen LogP contribution in [0.25, 0.3) is 0 Å². The lowest BCUT2D eigenvalue weighted by Crippen LogP contribution is -2.51. The zero-order chi connectivity index (χ0) is 14.5. The van der Waals surface area contributed by atoms with Gasteiger partial charge in [0.1, 0.15) is 5.82 Å². The summed E-state index contributed by atoms with van der Waals surface area (Å²) in [4.78, 5) is 16.1. The highest BCUT2D eigenvalue weighted by atomic mass is 19.1. The maximum absolute atomic E-state index is 13.7. The van der Waals surface area contributed by atoms with Crippen LogP contribution >= 0.6 is 0 Å². The van der Waals surface area contributed by atoms with Crippen molar-refractivity contribution >= 4 is 11.6 Å². The van der Waals surface area contributed by atoms with Crippen LogP contribution in [-0.4, -0.2) is 50.6 Å². The van der Waals surface area contributed by atoms with Crippen LogP contribution in [0.15, 0.2) is 24.3 Å². The van der Waals surface area contributed by atoms with E-state index in [-0.39, 0.29) is 17.6 Å². The molecular weight excluding hydrogens is 257 g/mol. The molecule has 0 aliphatic carbocycles. The Balaban J connectivity index is 1.93. The molecule has 1 atom stereocenters. The molecule has 0 bridgehead atoms. The van der Waals surface area contributed by atoms with Gasteiger partial charge in [-0.2, -0.15) is 0 Å². The highest BCUT2D eigenvalue weighted by Gasteiger charge is 2.25. The molecule has 1 amide bonds. The molecule has 1 aromatic rings. The van der Waals surface area contributed by atoms with Crippen LogP contribution in [-0.2, 0) is 4.79 Å². The van der Waals surface area contributed by atoms with E-state index in [4.69, 9.17) is 0 Å². The normalized spacial score (nSPS) is 17.1. The Hall–Kier alpha value is -1.62. The monoisotopic (exact) mass is 279 g/mol. The van der Waals surface area contributed by atoms with E-state index in [1.165, 1.54) is 6.07 Å². The minimum absolute atomic E-state index is 0.0139. The lowest BCUT2D eigenvalue weighted by atomic mass is 10.1. The summed E-state index contributed by atoms with van der Waals surface area (Å²) in [7, 11) is 1.85. The number of nitrogens with one attached hydrogen (secondary N) is 1. The molecule has 1 N–H and O–H groups in total. The Bertz CT molecular complexity index is 458. The molecule has 4 nitrogen and oxygen atoms in total. The van der Waals surface area contributed by atoms with Crippen LogP contribution in [0, 0.1) is 11.7 Å². The summed E-state index contributed by atoms with van der Waals surface area (Å²) < 4.78 is 13.7. The number of nitrogens with zero attached hydrogens (tertiary/aromatic N) is 2. The maximum Gasteiger partial charge on any atom is 0.226 e. The summed E-state index contributed by atoms with van der Waals surface area (Å²) in [6, 6.07) is 6.79. The van der Waals surface area contributed by atoms with Gasteiger partial charge in [-0.15, -0.1) is 0 Å². The van der Waals surface area contributed by atoms with Crippen molar-refractivity contribution < 1.29 is 9.18 Å². The minimum atomic E-state index is -0.198. The van der Waals surface area contributed by atoms with Gasteiger partial charge in [-0.25, -0.2) is 4.39 Å². The summed E-state index contributed by atoms with van der Waals surface area (Å²) in [6.07, 6.45) is 0. The number of halogens is 1. The fourth-order valence-corrected chi connectivity index (χ4v) is 2.58. The Morgan fingerprint density at radius 2 is 1.95 bits per heavy atom. The Kier molecular flexibility index (Phi) is 4.95. The molecule has 1 aromatic carbocycles. The Morgan fingerprint density at radius 3 is 2.55 bits per heavy atom. The van der Waals surface area contributed by atoms with Gasteiger partial charge in [0.2, 0.25) is 5.91 Å². The molecule has 1 heterocycles. The summed E-state index contributed by atoms with van der Waals surface area (Å²) in [5, 5.41) is 3.02. The van der Waals surface area contributed by atoms with Crippen molar-refractivity contribution in [2.45, 2.75) is 6.92 Å². The SMILES string of the molecule is CNC[C@@H](C)C(=O)N1CCN(c2ccccc2F)CC1. The predicted molar refractivity (Wildman–Crippen MR) is 78.3 cm³/mol. The Morgan fingerprint density at radius 1 is 1.30 bits per heavy atom. The molecule has 5 heteroatoms. The molecule has 0 spiro atoms. The third kappa shape index (κ3) is 3.28. The molecule has 20 heavy (non-hydrogen) atoms. The highest BCUT2D eigenvalue weighted by Crippen LogP contribution is 2.20. The molecule has 0 saturated carbocycles. The van der Waals surface area contributed by atoms with E-state index in [1.807, 2.05) is 29.8 Å². The summed E-state index contributed by atoms with van der Waals surface area (Å²) in [5.41, 5.74) is 0.628. The van der Waals surface area contributed by atoms with Crippen LogP contribution in [0.2, 0.25) is 0 Å². The first-order valence-electron chi connectivity index (χ1n) is 7.06. The van der Waals surface area contributed by atoms with Crippen LogP contribution < -0.4 is 10.2 Å². The second-order valence-electron chi connectivity index (χ2n) is 5.22. The average Bonchev–Trinajstić information content (AvgIpc) is 2.47. The molecule has 0 aromatic heterocycles. The molecule has 1 saturated heterocycles. The number of hydrogen-bond acceptors (Lipinski definition) is 3. The minimum Gasteiger partial charge on any atom is -0.366 e. The predicted octanol–water partition coefficient (Wildman–Crippen LogP) is 1.33. The van der Waals surface area contributed by atoms with E-state index < -0.39 is 0 Å². The van der Waals surface area contributed by atoms with Crippen molar-refractivity contribution in [3.8, 4) is 0 Å². The molecule has 1 aliphatic rings. The molecular formula is C15H22FN3O. The van der Waals surface area contributed by atoms with E-state index in [0.29, 0.717) is 38.4 Å². The maximum atomic E-state index is 13.7. The molecule has 0 radical (unpaired) electrons. The van der Waals surface area contributed by atoms with Gasteiger partial charge in [-0.05, 0) is 19.2 Å². The topological polar surface area (TPSA) is 35.6 Å². The molecule has 1 aliphatic heterocycles. The third-order valence-electron chi connectivity index (χ3n) is 3.72. The van der Waals surface area contributed by atoms with Crippen molar-refractivity contribution in [1.82, 2.24) is 10.2 Å². The largest absolute Gasteiger partial charge is 0.366 e. The van der Waals surface area contributed by atoms with Crippen LogP contribution in [0.3, 0.4) is 0 Å². The summed E-state index contributed by atoms with van der Waals surface area (Å²) in [5.74, 6) is -0.0385.